The van der Waals surface area contributed by atoms with E-state index in [1.807, 2.05) is 0 Å². The van der Waals surface area contributed by atoms with Crippen molar-refractivity contribution in [1.29, 1.82) is 0 Å². The summed E-state index contributed by atoms with van der Waals surface area (Å²) in [7, 11) is 0. The van der Waals surface area contributed by atoms with Gasteiger partial charge in [-0.15, -0.1) is 6.58 Å². The summed E-state index contributed by atoms with van der Waals surface area (Å²) in [6, 6.07) is 0. The monoisotopic (exact) mass is 448 g/mol. The molecule has 0 bridgehead atoms. The van der Waals surface area contributed by atoms with Crippen molar-refractivity contribution in [3.8, 4) is 0 Å². The first-order valence-corrected chi connectivity index (χ1v) is 8.21. The second-order valence-electron chi connectivity index (χ2n) is 6.04. The third-order valence-electron chi connectivity index (χ3n) is 4.09. The molecule has 9 N–H and O–H groups in total. The van der Waals surface area contributed by atoms with E-state index in [0.29, 0.717) is 0 Å². The van der Waals surface area contributed by atoms with E-state index in [1.165, 1.54) is 6.08 Å². The van der Waals surface area contributed by atoms with Crippen LogP contribution < -0.4 is 0 Å². The smallest absolute Gasteiger partial charge is 0.187 e. The SMILES string of the molecule is C.C.C.C=CCOC1OC(CO)C(O)C(O)C1O.OCC1OC(O)C(O)C(O)C1O. The maximum absolute atomic E-state index is 9.47. The average molecular weight is 449 g/mol. The molecule has 184 valence electrons. The van der Waals surface area contributed by atoms with Crippen LogP contribution in [0.5, 0.6) is 0 Å². The van der Waals surface area contributed by atoms with Gasteiger partial charge in [-0.3, -0.25) is 0 Å². The van der Waals surface area contributed by atoms with Crippen molar-refractivity contribution in [1.82, 2.24) is 0 Å². The Bertz CT molecular complexity index is 433. The molecule has 10 unspecified atom stereocenters. The van der Waals surface area contributed by atoms with Gasteiger partial charge in [-0.1, -0.05) is 28.4 Å². The fourth-order valence-electron chi connectivity index (χ4n) is 2.45. The van der Waals surface area contributed by atoms with E-state index in [4.69, 9.17) is 40.1 Å². The van der Waals surface area contributed by atoms with Crippen LogP contribution in [-0.4, -0.2) is 127 Å². The molecule has 2 aliphatic rings. The zero-order chi connectivity index (χ0) is 20.7. The summed E-state index contributed by atoms with van der Waals surface area (Å²) in [6.07, 6.45) is -11.7. The van der Waals surface area contributed by atoms with Gasteiger partial charge >= 0.3 is 0 Å². The van der Waals surface area contributed by atoms with Crippen LogP contribution in [-0.2, 0) is 14.2 Å². The molecule has 2 fully saturated rings. The van der Waals surface area contributed by atoms with Gasteiger partial charge in [-0.25, -0.2) is 0 Å². The maximum Gasteiger partial charge on any atom is 0.187 e. The Kier molecular flexibility index (Phi) is 18.0. The lowest BCUT2D eigenvalue weighted by Crippen LogP contribution is -2.59. The van der Waals surface area contributed by atoms with Gasteiger partial charge < -0.3 is 60.2 Å². The molecule has 2 aliphatic heterocycles. The van der Waals surface area contributed by atoms with E-state index < -0.39 is 74.6 Å². The standard InChI is InChI=1S/C9H16O6.C6H12O6.3CH4/c1-2-3-14-9-8(13)7(12)6(11)5(4-10)15-9;7-1-2-3(8)4(9)5(10)6(11)12-2;;;/h2,5-13H,1,3-4H2;2-11H,1H2;3*1H4. The molecule has 2 rings (SSSR count). The van der Waals surface area contributed by atoms with Crippen molar-refractivity contribution in [2.24, 2.45) is 0 Å². The Morgan fingerprint density at radius 2 is 1.10 bits per heavy atom. The maximum atomic E-state index is 9.47. The number of aliphatic hydroxyl groups is 9. The van der Waals surface area contributed by atoms with Gasteiger partial charge in [0.05, 0.1) is 19.8 Å². The average Bonchev–Trinajstić information content (AvgIpc) is 2.67. The largest absolute Gasteiger partial charge is 0.394 e. The topological polar surface area (TPSA) is 210 Å². The number of rotatable bonds is 5. The molecule has 10 atom stereocenters. The number of hydrogen-bond acceptors (Lipinski definition) is 12. The summed E-state index contributed by atoms with van der Waals surface area (Å²) in [5.74, 6) is 0. The molecule has 0 aromatic heterocycles. The second-order valence-corrected chi connectivity index (χ2v) is 6.04. The van der Waals surface area contributed by atoms with Gasteiger partial charge in [0, 0.05) is 0 Å². The van der Waals surface area contributed by atoms with E-state index in [2.05, 4.69) is 11.3 Å². The van der Waals surface area contributed by atoms with Gasteiger partial charge in [-0.05, 0) is 0 Å². The predicted octanol–water partition coefficient (Wildman–Crippen LogP) is -3.32. The molecule has 12 heteroatoms. The highest BCUT2D eigenvalue weighted by Gasteiger charge is 2.44. The van der Waals surface area contributed by atoms with E-state index in [1.54, 1.807) is 0 Å². The quantitative estimate of drug-likeness (QED) is 0.189. The molecule has 0 aromatic carbocycles. The van der Waals surface area contributed by atoms with Crippen LogP contribution in [0.4, 0.5) is 0 Å². The number of hydrogen-bond donors (Lipinski definition) is 9. The van der Waals surface area contributed by atoms with Crippen LogP contribution in [0.2, 0.25) is 0 Å². The summed E-state index contributed by atoms with van der Waals surface area (Å²) in [6.45, 7) is 2.58. The van der Waals surface area contributed by atoms with Gasteiger partial charge in [0.2, 0.25) is 0 Å². The first-order valence-electron chi connectivity index (χ1n) is 8.21. The second kappa shape index (κ2) is 16.0. The lowest BCUT2D eigenvalue weighted by molar-refractivity contribution is -0.298. The summed E-state index contributed by atoms with van der Waals surface area (Å²) < 4.78 is 14.7. The van der Waals surface area contributed by atoms with E-state index in [-0.39, 0.29) is 28.9 Å². The van der Waals surface area contributed by atoms with Crippen LogP contribution in [0.1, 0.15) is 22.3 Å². The van der Waals surface area contributed by atoms with E-state index >= 15 is 0 Å². The molecule has 30 heavy (non-hydrogen) atoms. The molecule has 0 radical (unpaired) electrons. The molecule has 2 heterocycles. The number of aliphatic hydroxyl groups excluding tert-OH is 9. The normalized spacial score (nSPS) is 40.4. The Morgan fingerprint density at radius 3 is 1.53 bits per heavy atom. The molecule has 0 spiro atoms. The lowest BCUT2D eigenvalue weighted by Gasteiger charge is -2.39. The minimum atomic E-state index is -1.57. The van der Waals surface area contributed by atoms with Gasteiger partial charge in [0.1, 0.15) is 48.8 Å². The summed E-state index contributed by atoms with van der Waals surface area (Å²) in [4.78, 5) is 0. The Hall–Kier alpha value is -0.740. The lowest BCUT2D eigenvalue weighted by atomic mass is 9.99. The molecular weight excluding hydrogens is 408 g/mol. The van der Waals surface area contributed by atoms with Crippen molar-refractivity contribution < 1.29 is 60.2 Å². The minimum Gasteiger partial charge on any atom is -0.394 e. The molecule has 0 aliphatic carbocycles. The Balaban J connectivity index is -0.000000450. The van der Waals surface area contributed by atoms with Crippen LogP contribution in [0.3, 0.4) is 0 Å². The molecule has 0 amide bonds. The van der Waals surface area contributed by atoms with E-state index in [9.17, 15) is 15.3 Å². The van der Waals surface area contributed by atoms with Crippen molar-refractivity contribution in [3.63, 3.8) is 0 Å². The van der Waals surface area contributed by atoms with Crippen LogP contribution >= 0.6 is 0 Å². The van der Waals surface area contributed by atoms with Crippen LogP contribution in [0, 0.1) is 0 Å². The van der Waals surface area contributed by atoms with Gasteiger partial charge in [-0.2, -0.15) is 0 Å². The first-order chi connectivity index (χ1) is 12.7. The minimum absolute atomic E-state index is 0. The fraction of sp³-hybridized carbons (Fsp3) is 0.889. The third-order valence-corrected chi connectivity index (χ3v) is 4.09. The van der Waals surface area contributed by atoms with Crippen molar-refractivity contribution >= 4 is 0 Å². The summed E-state index contributed by atoms with van der Waals surface area (Å²) in [5, 5.41) is 81.8. The molecule has 0 saturated carbocycles. The highest BCUT2D eigenvalue weighted by atomic mass is 16.7. The van der Waals surface area contributed by atoms with Gasteiger partial charge in [0.15, 0.2) is 12.6 Å². The van der Waals surface area contributed by atoms with Crippen LogP contribution in [0.15, 0.2) is 12.7 Å². The highest BCUT2D eigenvalue weighted by molar-refractivity contribution is 4.89. The fourth-order valence-corrected chi connectivity index (χ4v) is 2.45. The molecule has 12 nitrogen and oxygen atoms in total. The van der Waals surface area contributed by atoms with Gasteiger partial charge in [0.25, 0.3) is 0 Å². The number of ether oxygens (including phenoxy) is 3. The Labute approximate surface area is 177 Å². The molecular formula is C18H40O12. The zero-order valence-electron chi connectivity index (χ0n) is 14.4. The first kappa shape index (κ1) is 33.9. The van der Waals surface area contributed by atoms with E-state index in [0.717, 1.165) is 0 Å². The molecule has 0 aromatic rings. The predicted molar refractivity (Wildman–Crippen MR) is 106 cm³/mol. The Morgan fingerprint density at radius 1 is 0.667 bits per heavy atom. The summed E-state index contributed by atoms with van der Waals surface area (Å²) in [5.41, 5.74) is 0. The zero-order valence-corrected chi connectivity index (χ0v) is 14.4. The summed E-state index contributed by atoms with van der Waals surface area (Å²) >= 11 is 0. The van der Waals surface area contributed by atoms with Crippen LogP contribution in [0.25, 0.3) is 0 Å². The van der Waals surface area contributed by atoms with Crippen molar-refractivity contribution in [2.75, 3.05) is 19.8 Å². The highest BCUT2D eigenvalue weighted by Crippen LogP contribution is 2.22. The molecule has 2 saturated heterocycles. The third kappa shape index (κ3) is 8.42. The van der Waals surface area contributed by atoms with Crippen molar-refractivity contribution in [2.45, 2.75) is 83.7 Å². The van der Waals surface area contributed by atoms with Crippen molar-refractivity contribution in [3.05, 3.63) is 12.7 Å².